The summed E-state index contributed by atoms with van der Waals surface area (Å²) < 4.78 is 15.6. The summed E-state index contributed by atoms with van der Waals surface area (Å²) in [5.74, 6) is 0.167. The quantitative estimate of drug-likeness (QED) is 0.543. The molecule has 0 saturated carbocycles. The van der Waals surface area contributed by atoms with Crippen LogP contribution in [0.3, 0.4) is 0 Å². The third-order valence-electron chi connectivity index (χ3n) is 4.02. The minimum Gasteiger partial charge on any atom is -0.481 e. The van der Waals surface area contributed by atoms with Crippen LogP contribution in [0.4, 0.5) is 0 Å². The Morgan fingerprint density at radius 3 is 2.70 bits per heavy atom. The third kappa shape index (κ3) is 5.50. The van der Waals surface area contributed by atoms with E-state index in [0.717, 1.165) is 10.9 Å². The van der Waals surface area contributed by atoms with Gasteiger partial charge in [0.15, 0.2) is 6.10 Å². The predicted octanol–water partition coefficient (Wildman–Crippen LogP) is 2.28. The fourth-order valence-corrected chi connectivity index (χ4v) is 3.02. The molecule has 8 heteroatoms. The molecule has 0 bridgehead atoms. The SMILES string of the molecule is COC(=O)[C@@H](CCSC)NC(=O)[C@@H](C)Oc1ccc2c(C)cc(=O)oc2c1. The molecule has 0 spiro atoms. The third-order valence-corrected chi connectivity index (χ3v) is 4.66. The Morgan fingerprint density at radius 1 is 1.30 bits per heavy atom. The van der Waals surface area contributed by atoms with E-state index in [1.807, 2.05) is 13.2 Å². The van der Waals surface area contributed by atoms with Crippen molar-refractivity contribution in [1.82, 2.24) is 5.32 Å². The Morgan fingerprint density at radius 2 is 2.04 bits per heavy atom. The van der Waals surface area contributed by atoms with Crippen LogP contribution in [0.15, 0.2) is 33.5 Å². The van der Waals surface area contributed by atoms with Gasteiger partial charge in [-0.3, -0.25) is 4.79 Å². The summed E-state index contributed by atoms with van der Waals surface area (Å²) >= 11 is 1.57. The smallest absolute Gasteiger partial charge is 0.336 e. The van der Waals surface area contributed by atoms with Crippen molar-refractivity contribution in [2.24, 2.45) is 0 Å². The summed E-state index contributed by atoms with van der Waals surface area (Å²) in [4.78, 5) is 35.7. The van der Waals surface area contributed by atoms with Gasteiger partial charge >= 0.3 is 11.6 Å². The number of ether oxygens (including phenoxy) is 2. The number of methoxy groups -OCH3 is 1. The number of hydrogen-bond acceptors (Lipinski definition) is 7. The first-order valence-electron chi connectivity index (χ1n) is 8.44. The number of fused-ring (bicyclic) bond motifs is 1. The highest BCUT2D eigenvalue weighted by molar-refractivity contribution is 7.98. The van der Waals surface area contributed by atoms with Crippen molar-refractivity contribution in [1.29, 1.82) is 0 Å². The number of rotatable bonds is 8. The fourth-order valence-electron chi connectivity index (χ4n) is 2.55. The molecule has 0 unspecified atom stereocenters. The zero-order chi connectivity index (χ0) is 20.0. The van der Waals surface area contributed by atoms with Gasteiger partial charge in [-0.2, -0.15) is 11.8 Å². The normalized spacial score (nSPS) is 13.0. The Hall–Kier alpha value is -2.48. The fraction of sp³-hybridized carbons (Fsp3) is 0.421. The van der Waals surface area contributed by atoms with Crippen molar-refractivity contribution in [3.63, 3.8) is 0 Å². The van der Waals surface area contributed by atoms with Gasteiger partial charge < -0.3 is 19.2 Å². The van der Waals surface area contributed by atoms with Crippen LogP contribution in [0, 0.1) is 6.92 Å². The number of thioether (sulfide) groups is 1. The zero-order valence-corrected chi connectivity index (χ0v) is 16.6. The van der Waals surface area contributed by atoms with E-state index < -0.39 is 29.6 Å². The Balaban J connectivity index is 2.09. The molecule has 1 aromatic heterocycles. The summed E-state index contributed by atoms with van der Waals surface area (Å²) in [5, 5.41) is 3.45. The van der Waals surface area contributed by atoms with E-state index in [1.165, 1.54) is 13.2 Å². The second kappa shape index (κ2) is 9.45. The minimum atomic E-state index is -0.847. The van der Waals surface area contributed by atoms with Crippen LogP contribution in [0.2, 0.25) is 0 Å². The maximum absolute atomic E-state index is 12.4. The van der Waals surface area contributed by atoms with E-state index >= 15 is 0 Å². The second-order valence-corrected chi connectivity index (χ2v) is 7.02. The molecule has 7 nitrogen and oxygen atoms in total. The molecule has 0 aliphatic carbocycles. The first kappa shape index (κ1) is 20.8. The Kier molecular flexibility index (Phi) is 7.29. The summed E-state index contributed by atoms with van der Waals surface area (Å²) in [6.07, 6.45) is 1.54. The van der Waals surface area contributed by atoms with Gasteiger partial charge in [0.1, 0.15) is 17.4 Å². The first-order valence-corrected chi connectivity index (χ1v) is 9.83. The van der Waals surface area contributed by atoms with Crippen molar-refractivity contribution >= 4 is 34.6 Å². The molecule has 0 aliphatic heterocycles. The van der Waals surface area contributed by atoms with E-state index in [1.54, 1.807) is 36.9 Å². The maximum Gasteiger partial charge on any atom is 0.336 e. The first-order chi connectivity index (χ1) is 12.8. The molecule has 1 N–H and O–H groups in total. The number of aryl methyl sites for hydroxylation is 1. The largest absolute Gasteiger partial charge is 0.481 e. The topological polar surface area (TPSA) is 94.8 Å². The van der Waals surface area contributed by atoms with Gasteiger partial charge in [-0.15, -0.1) is 0 Å². The van der Waals surface area contributed by atoms with Gasteiger partial charge in [0.2, 0.25) is 0 Å². The average Bonchev–Trinajstić information content (AvgIpc) is 2.63. The molecule has 2 rings (SSSR count). The lowest BCUT2D eigenvalue weighted by Crippen LogP contribution is -2.47. The van der Waals surface area contributed by atoms with Gasteiger partial charge in [0.05, 0.1) is 7.11 Å². The molecule has 0 aliphatic rings. The van der Waals surface area contributed by atoms with Crippen LogP contribution in [0.5, 0.6) is 5.75 Å². The summed E-state index contributed by atoms with van der Waals surface area (Å²) in [6.45, 7) is 3.40. The molecule has 1 amide bonds. The van der Waals surface area contributed by atoms with Crippen molar-refractivity contribution in [3.05, 3.63) is 40.2 Å². The molecular weight excluding hydrogens is 370 g/mol. The van der Waals surface area contributed by atoms with Gasteiger partial charge in [0, 0.05) is 17.5 Å². The predicted molar refractivity (Wildman–Crippen MR) is 104 cm³/mol. The highest BCUT2D eigenvalue weighted by Gasteiger charge is 2.24. The number of nitrogens with one attached hydrogen (secondary N) is 1. The molecule has 1 heterocycles. The van der Waals surface area contributed by atoms with E-state index in [0.29, 0.717) is 23.5 Å². The molecule has 1 aromatic carbocycles. The highest BCUT2D eigenvalue weighted by atomic mass is 32.2. The lowest BCUT2D eigenvalue weighted by molar-refractivity contribution is -0.146. The van der Waals surface area contributed by atoms with E-state index in [9.17, 15) is 14.4 Å². The molecule has 0 radical (unpaired) electrons. The Bertz CT molecular complexity index is 878. The van der Waals surface area contributed by atoms with Crippen molar-refractivity contribution < 1.29 is 23.5 Å². The number of benzene rings is 1. The van der Waals surface area contributed by atoms with E-state index in [2.05, 4.69) is 5.32 Å². The van der Waals surface area contributed by atoms with Crippen molar-refractivity contribution in [2.45, 2.75) is 32.4 Å². The minimum absolute atomic E-state index is 0.387. The van der Waals surface area contributed by atoms with E-state index in [4.69, 9.17) is 13.9 Å². The summed E-state index contributed by atoms with van der Waals surface area (Å²) in [7, 11) is 1.28. The standard InChI is InChI=1S/C19H23NO6S/c1-11-9-17(21)26-16-10-13(5-6-14(11)16)25-12(2)18(22)20-15(7-8-27-4)19(23)24-3/h5-6,9-10,12,15H,7-8H2,1-4H3,(H,20,22)/t12-,15-/m1/s1. The molecule has 146 valence electrons. The average molecular weight is 393 g/mol. The van der Waals surface area contributed by atoms with Crippen LogP contribution in [-0.2, 0) is 14.3 Å². The molecule has 0 saturated heterocycles. The molecule has 2 aromatic rings. The van der Waals surface area contributed by atoms with Crippen LogP contribution < -0.4 is 15.7 Å². The van der Waals surface area contributed by atoms with Crippen molar-refractivity contribution in [2.75, 3.05) is 19.1 Å². The number of carbonyl (C=O) groups is 2. The lowest BCUT2D eigenvalue weighted by atomic mass is 10.1. The van der Waals surface area contributed by atoms with Gasteiger partial charge in [-0.1, -0.05) is 0 Å². The van der Waals surface area contributed by atoms with Crippen molar-refractivity contribution in [3.8, 4) is 5.75 Å². The summed E-state index contributed by atoms with van der Waals surface area (Å²) in [5.41, 5.74) is 0.739. The zero-order valence-electron chi connectivity index (χ0n) is 15.7. The molecule has 2 atom stereocenters. The van der Waals surface area contributed by atoms with E-state index in [-0.39, 0.29) is 0 Å². The molecular formula is C19H23NO6S. The highest BCUT2D eigenvalue weighted by Crippen LogP contribution is 2.23. The van der Waals surface area contributed by atoms with Gasteiger partial charge in [0.25, 0.3) is 5.91 Å². The monoisotopic (exact) mass is 393 g/mol. The van der Waals surface area contributed by atoms with Gasteiger partial charge in [-0.05, 0) is 50.0 Å². The summed E-state index contributed by atoms with van der Waals surface area (Å²) in [6, 6.07) is 5.73. The molecule has 0 fully saturated rings. The number of hydrogen-bond donors (Lipinski definition) is 1. The number of carbonyl (C=O) groups excluding carboxylic acids is 2. The number of esters is 1. The molecule has 27 heavy (non-hydrogen) atoms. The van der Waals surface area contributed by atoms with Crippen LogP contribution in [0.25, 0.3) is 11.0 Å². The Labute approximate surface area is 161 Å². The van der Waals surface area contributed by atoms with Gasteiger partial charge in [-0.25, -0.2) is 9.59 Å². The van der Waals surface area contributed by atoms with Crippen LogP contribution in [0.1, 0.15) is 18.9 Å². The number of amides is 1. The second-order valence-electron chi connectivity index (χ2n) is 6.03. The maximum atomic E-state index is 12.4. The van der Waals surface area contributed by atoms with Crippen LogP contribution >= 0.6 is 11.8 Å². The van der Waals surface area contributed by atoms with Crippen LogP contribution in [-0.4, -0.2) is 43.1 Å². The lowest BCUT2D eigenvalue weighted by Gasteiger charge is -2.20.